The molecule has 0 aliphatic carbocycles. The van der Waals surface area contributed by atoms with Gasteiger partial charge in [-0.05, 0) is 43.1 Å². The molecular formula is C24H25N3O4. The van der Waals surface area contributed by atoms with Gasteiger partial charge in [0.05, 0.1) is 12.6 Å². The molecule has 160 valence electrons. The van der Waals surface area contributed by atoms with Crippen LogP contribution in [0.1, 0.15) is 12.5 Å². The number of anilines is 1. The zero-order valence-electron chi connectivity index (χ0n) is 17.6. The number of fused-ring (bicyclic) bond motifs is 2. The summed E-state index contributed by atoms with van der Waals surface area (Å²) in [5.74, 6) is 1.06. The zero-order valence-corrected chi connectivity index (χ0v) is 17.6. The highest BCUT2D eigenvalue weighted by Gasteiger charge is 2.21. The summed E-state index contributed by atoms with van der Waals surface area (Å²) in [7, 11) is 1.76. The third kappa shape index (κ3) is 4.78. The van der Waals surface area contributed by atoms with Crippen molar-refractivity contribution < 1.29 is 19.1 Å². The number of nitrogens with one attached hydrogen (secondary N) is 2. The SMILES string of the molecule is CC(C(=O)NCc1ccc2c(c1)OCO2)N(C)CC(=O)Nc1cccc2ccccc12. The van der Waals surface area contributed by atoms with Gasteiger partial charge in [-0.3, -0.25) is 14.5 Å². The summed E-state index contributed by atoms with van der Waals surface area (Å²) in [6.45, 7) is 2.46. The number of hydrogen-bond donors (Lipinski definition) is 2. The van der Waals surface area contributed by atoms with E-state index >= 15 is 0 Å². The number of ether oxygens (including phenoxy) is 2. The predicted molar refractivity (Wildman–Crippen MR) is 119 cm³/mol. The minimum Gasteiger partial charge on any atom is -0.454 e. The van der Waals surface area contributed by atoms with E-state index in [4.69, 9.17) is 9.47 Å². The maximum atomic E-state index is 12.6. The third-order valence-corrected chi connectivity index (χ3v) is 5.40. The highest BCUT2D eigenvalue weighted by molar-refractivity contribution is 6.02. The van der Waals surface area contributed by atoms with Crippen molar-refractivity contribution in [3.8, 4) is 11.5 Å². The number of nitrogens with zero attached hydrogens (tertiary/aromatic N) is 1. The van der Waals surface area contributed by atoms with Crippen molar-refractivity contribution >= 4 is 28.3 Å². The van der Waals surface area contributed by atoms with Crippen molar-refractivity contribution in [3.63, 3.8) is 0 Å². The van der Waals surface area contributed by atoms with Gasteiger partial charge in [0.1, 0.15) is 0 Å². The lowest BCUT2D eigenvalue weighted by molar-refractivity contribution is -0.126. The Morgan fingerprint density at radius 3 is 2.68 bits per heavy atom. The van der Waals surface area contributed by atoms with Crippen LogP contribution >= 0.6 is 0 Å². The first kappa shape index (κ1) is 20.7. The number of carbonyl (C=O) groups excluding carboxylic acids is 2. The molecule has 0 spiro atoms. The van der Waals surface area contributed by atoms with E-state index in [1.165, 1.54) is 0 Å². The Balaban J connectivity index is 1.30. The van der Waals surface area contributed by atoms with Gasteiger partial charge in [-0.2, -0.15) is 0 Å². The van der Waals surface area contributed by atoms with Crippen LogP contribution < -0.4 is 20.1 Å². The van der Waals surface area contributed by atoms with Gasteiger partial charge in [-0.25, -0.2) is 0 Å². The molecule has 0 bridgehead atoms. The molecule has 0 fully saturated rings. The molecule has 0 radical (unpaired) electrons. The molecule has 3 aromatic rings. The van der Waals surface area contributed by atoms with Gasteiger partial charge in [-0.1, -0.05) is 42.5 Å². The molecule has 7 nitrogen and oxygen atoms in total. The number of benzene rings is 3. The summed E-state index contributed by atoms with van der Waals surface area (Å²) in [6, 6.07) is 18.8. The van der Waals surface area contributed by atoms with Crippen LogP contribution in [0.15, 0.2) is 60.7 Å². The third-order valence-electron chi connectivity index (χ3n) is 5.40. The lowest BCUT2D eigenvalue weighted by atomic mass is 10.1. The normalized spacial score (nSPS) is 13.3. The van der Waals surface area contributed by atoms with Crippen molar-refractivity contribution in [3.05, 3.63) is 66.2 Å². The van der Waals surface area contributed by atoms with Crippen LogP contribution in [0.3, 0.4) is 0 Å². The molecule has 1 aliphatic heterocycles. The van der Waals surface area contributed by atoms with Crippen LogP contribution in [-0.4, -0.2) is 43.1 Å². The minimum atomic E-state index is -0.465. The second-order valence-corrected chi connectivity index (χ2v) is 7.57. The van der Waals surface area contributed by atoms with Crippen molar-refractivity contribution in [1.82, 2.24) is 10.2 Å². The molecule has 2 amide bonds. The highest BCUT2D eigenvalue weighted by Crippen LogP contribution is 2.32. The quantitative estimate of drug-likeness (QED) is 0.615. The molecule has 2 N–H and O–H groups in total. The average molecular weight is 419 g/mol. The highest BCUT2D eigenvalue weighted by atomic mass is 16.7. The van der Waals surface area contributed by atoms with E-state index in [9.17, 15) is 9.59 Å². The molecule has 1 atom stereocenters. The van der Waals surface area contributed by atoms with E-state index < -0.39 is 6.04 Å². The van der Waals surface area contributed by atoms with Crippen LogP contribution in [0.2, 0.25) is 0 Å². The Morgan fingerprint density at radius 1 is 1.03 bits per heavy atom. The molecule has 7 heteroatoms. The summed E-state index contributed by atoms with van der Waals surface area (Å²) < 4.78 is 10.7. The molecule has 1 unspecified atom stereocenters. The maximum absolute atomic E-state index is 12.6. The molecule has 0 saturated carbocycles. The molecule has 4 rings (SSSR count). The first-order chi connectivity index (χ1) is 15.0. The monoisotopic (exact) mass is 419 g/mol. The Bertz CT molecular complexity index is 1110. The summed E-state index contributed by atoms with van der Waals surface area (Å²) in [4.78, 5) is 26.9. The van der Waals surface area contributed by atoms with E-state index in [1.54, 1.807) is 18.9 Å². The van der Waals surface area contributed by atoms with E-state index in [1.807, 2.05) is 60.7 Å². The van der Waals surface area contributed by atoms with E-state index in [0.29, 0.717) is 18.0 Å². The number of amides is 2. The fourth-order valence-electron chi connectivity index (χ4n) is 3.48. The fraction of sp³-hybridized carbons (Fsp3) is 0.250. The first-order valence-corrected chi connectivity index (χ1v) is 10.2. The zero-order chi connectivity index (χ0) is 21.8. The van der Waals surface area contributed by atoms with E-state index in [-0.39, 0.29) is 25.2 Å². The van der Waals surface area contributed by atoms with Crippen LogP contribution in [-0.2, 0) is 16.1 Å². The maximum Gasteiger partial charge on any atom is 0.238 e. The second-order valence-electron chi connectivity index (χ2n) is 7.57. The standard InChI is InChI=1S/C24H25N3O4/c1-16(24(29)25-13-17-10-11-21-22(12-17)31-15-30-21)27(2)14-23(28)26-20-9-5-7-18-6-3-4-8-19(18)20/h3-12,16H,13-15H2,1-2H3,(H,25,29)(H,26,28). The van der Waals surface area contributed by atoms with Crippen molar-refractivity contribution in [2.75, 3.05) is 25.7 Å². The number of carbonyl (C=O) groups is 2. The molecule has 31 heavy (non-hydrogen) atoms. The van der Waals surface area contributed by atoms with Crippen molar-refractivity contribution in [1.29, 1.82) is 0 Å². The molecule has 3 aromatic carbocycles. The molecule has 0 saturated heterocycles. The lowest BCUT2D eigenvalue weighted by Crippen LogP contribution is -2.45. The summed E-state index contributed by atoms with van der Waals surface area (Å²) >= 11 is 0. The fourth-order valence-corrected chi connectivity index (χ4v) is 3.48. The Morgan fingerprint density at radius 2 is 1.81 bits per heavy atom. The number of hydrogen-bond acceptors (Lipinski definition) is 5. The van der Waals surface area contributed by atoms with Crippen LogP contribution in [0.5, 0.6) is 11.5 Å². The molecule has 1 heterocycles. The number of rotatable bonds is 7. The molecule has 0 aromatic heterocycles. The summed E-state index contributed by atoms with van der Waals surface area (Å²) in [6.07, 6.45) is 0. The smallest absolute Gasteiger partial charge is 0.238 e. The predicted octanol–water partition coefficient (Wildman–Crippen LogP) is 3.14. The van der Waals surface area contributed by atoms with Gasteiger partial charge >= 0.3 is 0 Å². The van der Waals surface area contributed by atoms with Crippen molar-refractivity contribution in [2.24, 2.45) is 0 Å². The van der Waals surface area contributed by atoms with E-state index in [0.717, 1.165) is 22.0 Å². The van der Waals surface area contributed by atoms with Gasteiger partial charge < -0.3 is 20.1 Å². The van der Waals surface area contributed by atoms with Crippen LogP contribution in [0.4, 0.5) is 5.69 Å². The minimum absolute atomic E-state index is 0.0990. The Kier molecular flexibility index (Phi) is 6.04. The van der Waals surface area contributed by atoms with Crippen LogP contribution in [0.25, 0.3) is 10.8 Å². The Hall–Kier alpha value is -3.58. The average Bonchev–Trinajstić information content (AvgIpc) is 3.25. The van der Waals surface area contributed by atoms with Crippen LogP contribution in [0, 0.1) is 0 Å². The van der Waals surface area contributed by atoms with Gasteiger partial charge in [0.2, 0.25) is 18.6 Å². The molecule has 1 aliphatic rings. The van der Waals surface area contributed by atoms with E-state index in [2.05, 4.69) is 10.6 Å². The first-order valence-electron chi connectivity index (χ1n) is 10.2. The summed E-state index contributed by atoms with van der Waals surface area (Å²) in [5.41, 5.74) is 1.68. The summed E-state index contributed by atoms with van der Waals surface area (Å²) in [5, 5.41) is 7.90. The van der Waals surface area contributed by atoms with Gasteiger partial charge in [0.25, 0.3) is 0 Å². The second kappa shape index (κ2) is 9.06. The van der Waals surface area contributed by atoms with Gasteiger partial charge in [-0.15, -0.1) is 0 Å². The van der Waals surface area contributed by atoms with Gasteiger partial charge in [0.15, 0.2) is 11.5 Å². The van der Waals surface area contributed by atoms with Gasteiger partial charge in [0, 0.05) is 17.6 Å². The topological polar surface area (TPSA) is 79.9 Å². The Labute approximate surface area is 180 Å². The molecular weight excluding hydrogens is 394 g/mol. The van der Waals surface area contributed by atoms with Crippen molar-refractivity contribution in [2.45, 2.75) is 19.5 Å². The largest absolute Gasteiger partial charge is 0.454 e. The lowest BCUT2D eigenvalue weighted by Gasteiger charge is -2.23. The number of likely N-dealkylation sites (N-methyl/N-ethyl adjacent to an activating group) is 1.